The van der Waals surface area contributed by atoms with Crippen LogP contribution >= 0.6 is 27.7 Å². The van der Waals surface area contributed by atoms with Crippen molar-refractivity contribution in [3.05, 3.63) is 63.9 Å². The van der Waals surface area contributed by atoms with Crippen molar-refractivity contribution in [3.63, 3.8) is 0 Å². The van der Waals surface area contributed by atoms with Gasteiger partial charge in [-0.15, -0.1) is 0 Å². The Morgan fingerprint density at radius 3 is 2.52 bits per heavy atom. The maximum atomic E-state index is 12.9. The first-order valence-electron chi connectivity index (χ1n) is 8.99. The van der Waals surface area contributed by atoms with E-state index in [4.69, 9.17) is 0 Å². The normalized spacial score (nSPS) is 11.3. The second kappa shape index (κ2) is 11.0. The SMILES string of the molecule is Cc1cc(N(CC(=O)NCCCSCc2ccc(F)cc2)S(C)(=O)=O)ccc1Br. The Morgan fingerprint density at radius 2 is 1.90 bits per heavy atom. The molecule has 158 valence electrons. The second-order valence-electron chi connectivity index (χ2n) is 6.59. The van der Waals surface area contributed by atoms with Gasteiger partial charge in [-0.2, -0.15) is 11.8 Å². The number of thioether (sulfide) groups is 1. The molecule has 0 aliphatic rings. The van der Waals surface area contributed by atoms with Crippen molar-refractivity contribution in [2.24, 2.45) is 0 Å². The second-order valence-corrected chi connectivity index (χ2v) is 10.5. The molecular formula is C20H24BrFN2O3S2. The summed E-state index contributed by atoms with van der Waals surface area (Å²) in [4.78, 5) is 12.2. The number of aryl methyl sites for hydroxylation is 1. The lowest BCUT2D eigenvalue weighted by atomic mass is 10.2. The minimum atomic E-state index is -3.59. The molecule has 5 nitrogen and oxygen atoms in total. The van der Waals surface area contributed by atoms with E-state index in [1.165, 1.54) is 12.1 Å². The highest BCUT2D eigenvalue weighted by molar-refractivity contribution is 9.10. The third-order valence-electron chi connectivity index (χ3n) is 4.09. The van der Waals surface area contributed by atoms with Crippen molar-refractivity contribution in [2.45, 2.75) is 19.1 Å². The van der Waals surface area contributed by atoms with Crippen LogP contribution in [0.15, 0.2) is 46.9 Å². The number of nitrogens with one attached hydrogen (secondary N) is 1. The number of hydrogen-bond acceptors (Lipinski definition) is 4. The summed E-state index contributed by atoms with van der Waals surface area (Å²) in [5, 5.41) is 2.77. The number of halogens is 2. The quantitative estimate of drug-likeness (QED) is 0.496. The van der Waals surface area contributed by atoms with Gasteiger partial charge in [0.15, 0.2) is 0 Å². The maximum absolute atomic E-state index is 12.9. The topological polar surface area (TPSA) is 66.5 Å². The molecule has 1 N–H and O–H groups in total. The fourth-order valence-corrected chi connectivity index (χ4v) is 4.56. The van der Waals surface area contributed by atoms with Crippen LogP contribution in [0.25, 0.3) is 0 Å². The molecule has 9 heteroatoms. The molecule has 2 rings (SSSR count). The number of carbonyl (C=O) groups excluding carboxylic acids is 1. The Morgan fingerprint density at radius 1 is 1.21 bits per heavy atom. The Hall–Kier alpha value is -1.58. The molecule has 0 radical (unpaired) electrons. The van der Waals surface area contributed by atoms with Gasteiger partial charge in [-0.25, -0.2) is 12.8 Å². The zero-order valence-corrected chi connectivity index (χ0v) is 19.5. The van der Waals surface area contributed by atoms with Gasteiger partial charge in [0.05, 0.1) is 11.9 Å². The van der Waals surface area contributed by atoms with Crippen LogP contribution in [-0.2, 0) is 20.6 Å². The Kier molecular flexibility index (Phi) is 8.98. The lowest BCUT2D eigenvalue weighted by molar-refractivity contribution is -0.119. The molecule has 0 fully saturated rings. The highest BCUT2D eigenvalue weighted by atomic mass is 79.9. The third kappa shape index (κ3) is 7.98. The summed E-state index contributed by atoms with van der Waals surface area (Å²) in [6, 6.07) is 11.6. The van der Waals surface area contributed by atoms with E-state index >= 15 is 0 Å². The van der Waals surface area contributed by atoms with Crippen LogP contribution in [0, 0.1) is 12.7 Å². The Balaban J connectivity index is 1.78. The molecule has 29 heavy (non-hydrogen) atoms. The summed E-state index contributed by atoms with van der Waals surface area (Å²) < 4.78 is 39.1. The van der Waals surface area contributed by atoms with E-state index in [0.29, 0.717) is 12.2 Å². The first-order valence-corrected chi connectivity index (χ1v) is 12.8. The lowest BCUT2D eigenvalue weighted by Gasteiger charge is -2.22. The number of hydrogen-bond donors (Lipinski definition) is 1. The van der Waals surface area contributed by atoms with Gasteiger partial charge in [-0.3, -0.25) is 9.10 Å². The first kappa shape index (κ1) is 23.7. The van der Waals surface area contributed by atoms with Crippen LogP contribution in [0.4, 0.5) is 10.1 Å². The van der Waals surface area contributed by atoms with Gasteiger partial charge in [0.2, 0.25) is 15.9 Å². The summed E-state index contributed by atoms with van der Waals surface area (Å²) in [5.74, 6) is 1.01. The third-order valence-corrected chi connectivity index (χ3v) is 7.23. The Bertz CT molecular complexity index is 937. The number of nitrogens with zero attached hydrogens (tertiary/aromatic N) is 1. The number of benzene rings is 2. The van der Waals surface area contributed by atoms with E-state index < -0.39 is 10.0 Å². The molecule has 0 saturated heterocycles. The van der Waals surface area contributed by atoms with E-state index in [1.54, 1.807) is 42.1 Å². The van der Waals surface area contributed by atoms with Crippen molar-refractivity contribution in [1.29, 1.82) is 0 Å². The van der Waals surface area contributed by atoms with Gasteiger partial charge in [0.25, 0.3) is 0 Å². The van der Waals surface area contributed by atoms with E-state index in [9.17, 15) is 17.6 Å². The predicted molar refractivity (Wildman–Crippen MR) is 121 cm³/mol. The average molecular weight is 503 g/mol. The number of amides is 1. The van der Waals surface area contributed by atoms with E-state index in [1.807, 2.05) is 6.92 Å². The number of sulfonamides is 1. The monoisotopic (exact) mass is 502 g/mol. The molecule has 0 atom stereocenters. The van der Waals surface area contributed by atoms with Crippen LogP contribution in [0.3, 0.4) is 0 Å². The highest BCUT2D eigenvalue weighted by Gasteiger charge is 2.21. The van der Waals surface area contributed by atoms with E-state index in [2.05, 4.69) is 21.2 Å². The molecule has 0 heterocycles. The summed E-state index contributed by atoms with van der Waals surface area (Å²) in [6.07, 6.45) is 1.84. The van der Waals surface area contributed by atoms with E-state index in [-0.39, 0.29) is 18.3 Å². The van der Waals surface area contributed by atoms with Crippen LogP contribution in [-0.4, -0.2) is 39.4 Å². The molecule has 0 saturated carbocycles. The summed E-state index contributed by atoms with van der Waals surface area (Å²) in [7, 11) is -3.59. The lowest BCUT2D eigenvalue weighted by Crippen LogP contribution is -2.40. The molecule has 0 aliphatic heterocycles. The molecule has 0 bridgehead atoms. The molecule has 2 aromatic carbocycles. The van der Waals surface area contributed by atoms with Gasteiger partial charge in [-0.05, 0) is 60.6 Å². The molecule has 2 aromatic rings. The van der Waals surface area contributed by atoms with Crippen LogP contribution < -0.4 is 9.62 Å². The average Bonchev–Trinajstić information content (AvgIpc) is 2.65. The highest BCUT2D eigenvalue weighted by Crippen LogP contribution is 2.24. The fraction of sp³-hybridized carbons (Fsp3) is 0.350. The maximum Gasteiger partial charge on any atom is 0.240 e. The molecule has 0 aromatic heterocycles. The number of carbonyl (C=O) groups is 1. The Labute approximate surface area is 184 Å². The summed E-state index contributed by atoms with van der Waals surface area (Å²) in [5.41, 5.74) is 2.39. The van der Waals surface area contributed by atoms with E-state index in [0.717, 1.165) is 44.1 Å². The van der Waals surface area contributed by atoms with Crippen molar-refractivity contribution < 1.29 is 17.6 Å². The van der Waals surface area contributed by atoms with Crippen LogP contribution in [0.2, 0.25) is 0 Å². The van der Waals surface area contributed by atoms with Gasteiger partial charge in [0, 0.05) is 16.8 Å². The molecule has 1 amide bonds. The number of anilines is 1. The van der Waals surface area contributed by atoms with Crippen molar-refractivity contribution in [3.8, 4) is 0 Å². The molecular weight excluding hydrogens is 479 g/mol. The zero-order chi connectivity index (χ0) is 21.4. The molecule has 0 spiro atoms. The van der Waals surface area contributed by atoms with Gasteiger partial charge in [0.1, 0.15) is 12.4 Å². The van der Waals surface area contributed by atoms with Gasteiger partial charge in [-0.1, -0.05) is 28.1 Å². The summed E-state index contributed by atoms with van der Waals surface area (Å²) in [6.45, 7) is 2.06. The predicted octanol–water partition coefficient (Wildman–Crippen LogP) is 4.10. The fourth-order valence-electron chi connectivity index (χ4n) is 2.54. The van der Waals surface area contributed by atoms with Crippen molar-refractivity contribution in [1.82, 2.24) is 5.32 Å². The molecule has 0 unspecified atom stereocenters. The first-order chi connectivity index (χ1) is 13.7. The standard InChI is InChI=1S/C20H24BrFN2O3S2/c1-15-12-18(8-9-19(15)21)24(29(2,26)27)13-20(25)23-10-3-11-28-14-16-4-6-17(22)7-5-16/h4-9,12H,3,10-11,13-14H2,1-2H3,(H,23,25). The molecule has 0 aliphatic carbocycles. The van der Waals surface area contributed by atoms with Crippen molar-refractivity contribution in [2.75, 3.05) is 29.4 Å². The van der Waals surface area contributed by atoms with Gasteiger partial charge >= 0.3 is 0 Å². The largest absolute Gasteiger partial charge is 0.354 e. The summed E-state index contributed by atoms with van der Waals surface area (Å²) >= 11 is 5.08. The minimum absolute atomic E-state index is 0.247. The van der Waals surface area contributed by atoms with Crippen LogP contribution in [0.1, 0.15) is 17.5 Å². The van der Waals surface area contributed by atoms with Crippen LogP contribution in [0.5, 0.6) is 0 Å². The number of rotatable bonds is 10. The van der Waals surface area contributed by atoms with Gasteiger partial charge < -0.3 is 5.32 Å². The van der Waals surface area contributed by atoms with Crippen molar-refractivity contribution >= 4 is 49.3 Å². The minimum Gasteiger partial charge on any atom is -0.354 e. The smallest absolute Gasteiger partial charge is 0.240 e. The zero-order valence-electron chi connectivity index (χ0n) is 16.3.